The van der Waals surface area contributed by atoms with Crippen molar-refractivity contribution in [2.75, 3.05) is 5.32 Å². The minimum atomic E-state index is -3.72. The van der Waals surface area contributed by atoms with E-state index in [0.717, 1.165) is 24.2 Å². The lowest BCUT2D eigenvalue weighted by Gasteiger charge is -2.13. The molecule has 2 aromatic carbocycles. The van der Waals surface area contributed by atoms with E-state index in [-0.39, 0.29) is 29.3 Å². The summed E-state index contributed by atoms with van der Waals surface area (Å²) in [7, 11) is -3.72. The van der Waals surface area contributed by atoms with Crippen LogP contribution in [0.25, 0.3) is 0 Å². The van der Waals surface area contributed by atoms with E-state index in [9.17, 15) is 18.0 Å². The van der Waals surface area contributed by atoms with E-state index in [1.807, 2.05) is 19.1 Å². The Hall–Kier alpha value is -3.43. The fraction of sp³-hybridized carbons (Fsp3) is 0.250. The van der Waals surface area contributed by atoms with Gasteiger partial charge in [0.25, 0.3) is 5.91 Å². The molecule has 174 valence electrons. The van der Waals surface area contributed by atoms with Gasteiger partial charge in [0.2, 0.25) is 15.9 Å². The standard InChI is InChI=1S/C24H27N3O5S/c1-17(5-12-22-4-3-15-32-22)26-24(29)20-8-6-19(7-9-20)16-25-33(30,31)23-13-10-21(11-14-23)27-18(2)28/h3-4,6-11,13-15,17,25H,5,12,16H2,1-2H3,(H,26,29)(H,27,28)/t17-/m0/s1. The molecule has 1 atom stereocenters. The molecule has 0 aliphatic carbocycles. The van der Waals surface area contributed by atoms with E-state index in [0.29, 0.717) is 11.3 Å². The first-order valence-electron chi connectivity index (χ1n) is 10.5. The van der Waals surface area contributed by atoms with Crippen LogP contribution in [0.1, 0.15) is 41.9 Å². The minimum Gasteiger partial charge on any atom is -0.469 e. The maximum absolute atomic E-state index is 12.5. The lowest BCUT2D eigenvalue weighted by molar-refractivity contribution is -0.114. The highest BCUT2D eigenvalue weighted by atomic mass is 32.2. The molecule has 0 aliphatic rings. The van der Waals surface area contributed by atoms with Crippen LogP contribution in [-0.4, -0.2) is 26.3 Å². The molecule has 0 unspecified atom stereocenters. The first-order chi connectivity index (χ1) is 15.7. The van der Waals surface area contributed by atoms with Crippen molar-refractivity contribution in [1.82, 2.24) is 10.0 Å². The summed E-state index contributed by atoms with van der Waals surface area (Å²) in [5.41, 5.74) is 1.74. The van der Waals surface area contributed by atoms with Crippen molar-refractivity contribution in [3.63, 3.8) is 0 Å². The highest BCUT2D eigenvalue weighted by Crippen LogP contribution is 2.15. The molecule has 0 spiro atoms. The lowest BCUT2D eigenvalue weighted by atomic mass is 10.1. The number of furan rings is 1. The summed E-state index contributed by atoms with van der Waals surface area (Å²) in [4.78, 5) is 23.6. The van der Waals surface area contributed by atoms with Crippen molar-refractivity contribution < 1.29 is 22.4 Å². The summed E-state index contributed by atoms with van der Waals surface area (Å²) in [5, 5.41) is 5.54. The van der Waals surface area contributed by atoms with Crippen molar-refractivity contribution in [1.29, 1.82) is 0 Å². The van der Waals surface area contributed by atoms with Crippen LogP contribution in [0.2, 0.25) is 0 Å². The normalized spacial score (nSPS) is 12.2. The van der Waals surface area contributed by atoms with E-state index < -0.39 is 10.0 Å². The molecule has 2 amide bonds. The Morgan fingerprint density at radius 3 is 2.30 bits per heavy atom. The fourth-order valence-corrected chi connectivity index (χ4v) is 4.17. The van der Waals surface area contributed by atoms with Gasteiger partial charge in [0.1, 0.15) is 5.76 Å². The Bertz CT molecular complexity index is 1170. The molecular weight excluding hydrogens is 442 g/mol. The molecule has 0 fully saturated rings. The number of anilines is 1. The number of sulfonamides is 1. The van der Waals surface area contributed by atoms with Gasteiger partial charge in [-0.15, -0.1) is 0 Å². The van der Waals surface area contributed by atoms with Gasteiger partial charge in [-0.2, -0.15) is 0 Å². The Labute approximate surface area is 193 Å². The van der Waals surface area contributed by atoms with Gasteiger partial charge in [-0.3, -0.25) is 9.59 Å². The summed E-state index contributed by atoms with van der Waals surface area (Å²) < 4.78 is 32.9. The summed E-state index contributed by atoms with van der Waals surface area (Å²) in [5.74, 6) is 0.462. The van der Waals surface area contributed by atoms with E-state index in [1.54, 1.807) is 30.5 Å². The number of carbonyl (C=O) groups excluding carboxylic acids is 2. The van der Waals surface area contributed by atoms with Gasteiger partial charge in [0.15, 0.2) is 0 Å². The molecular formula is C24H27N3O5S. The van der Waals surface area contributed by atoms with Gasteiger partial charge in [0.05, 0.1) is 11.2 Å². The number of nitrogens with one attached hydrogen (secondary N) is 3. The van der Waals surface area contributed by atoms with E-state index in [4.69, 9.17) is 4.42 Å². The minimum absolute atomic E-state index is 0.0221. The van der Waals surface area contributed by atoms with Crippen LogP contribution in [0.5, 0.6) is 0 Å². The molecule has 3 aromatic rings. The fourth-order valence-electron chi connectivity index (χ4n) is 3.15. The first-order valence-corrected chi connectivity index (χ1v) is 12.0. The predicted molar refractivity (Wildman–Crippen MR) is 125 cm³/mol. The quantitative estimate of drug-likeness (QED) is 0.420. The number of benzene rings is 2. The molecule has 9 heteroatoms. The largest absolute Gasteiger partial charge is 0.469 e. The third kappa shape index (κ3) is 7.30. The average Bonchev–Trinajstić information content (AvgIpc) is 3.30. The van der Waals surface area contributed by atoms with Crippen molar-refractivity contribution in [3.05, 3.63) is 83.8 Å². The maximum Gasteiger partial charge on any atom is 0.251 e. The van der Waals surface area contributed by atoms with Gasteiger partial charge in [-0.05, 0) is 67.4 Å². The molecule has 0 bridgehead atoms. The lowest BCUT2D eigenvalue weighted by Crippen LogP contribution is -2.32. The third-order valence-corrected chi connectivity index (χ3v) is 6.37. The number of hydrogen-bond acceptors (Lipinski definition) is 5. The number of aryl methyl sites for hydroxylation is 1. The zero-order valence-corrected chi connectivity index (χ0v) is 19.3. The highest BCUT2D eigenvalue weighted by molar-refractivity contribution is 7.89. The van der Waals surface area contributed by atoms with Crippen LogP contribution < -0.4 is 15.4 Å². The SMILES string of the molecule is CC(=O)Nc1ccc(S(=O)(=O)NCc2ccc(C(=O)N[C@@H](C)CCc3ccco3)cc2)cc1. The zero-order valence-electron chi connectivity index (χ0n) is 18.5. The van der Waals surface area contributed by atoms with Crippen LogP contribution >= 0.6 is 0 Å². The third-order valence-electron chi connectivity index (χ3n) is 4.95. The maximum atomic E-state index is 12.5. The van der Waals surface area contributed by atoms with E-state index in [1.165, 1.54) is 31.2 Å². The smallest absolute Gasteiger partial charge is 0.251 e. The van der Waals surface area contributed by atoms with Crippen molar-refractivity contribution in [2.45, 2.75) is 44.2 Å². The molecule has 0 saturated carbocycles. The van der Waals surface area contributed by atoms with Gasteiger partial charge in [0, 0.05) is 37.2 Å². The monoisotopic (exact) mass is 469 g/mol. The van der Waals surface area contributed by atoms with E-state index >= 15 is 0 Å². The molecule has 0 saturated heterocycles. The number of hydrogen-bond donors (Lipinski definition) is 3. The second-order valence-corrected chi connectivity index (χ2v) is 9.49. The Morgan fingerprint density at radius 1 is 1.00 bits per heavy atom. The van der Waals surface area contributed by atoms with Gasteiger partial charge in [-0.1, -0.05) is 12.1 Å². The zero-order chi connectivity index (χ0) is 23.8. The number of carbonyl (C=O) groups is 2. The van der Waals surface area contributed by atoms with Crippen molar-refractivity contribution in [3.8, 4) is 0 Å². The van der Waals surface area contributed by atoms with Gasteiger partial charge < -0.3 is 15.1 Å². The second-order valence-electron chi connectivity index (χ2n) is 7.72. The molecule has 0 aliphatic heterocycles. The Balaban J connectivity index is 1.51. The predicted octanol–water partition coefficient (Wildman–Crippen LogP) is 3.47. The van der Waals surface area contributed by atoms with Crippen molar-refractivity contribution in [2.24, 2.45) is 0 Å². The molecule has 1 heterocycles. The van der Waals surface area contributed by atoms with Crippen LogP contribution in [0, 0.1) is 0 Å². The second kappa shape index (κ2) is 10.9. The van der Waals surface area contributed by atoms with Crippen LogP contribution in [0.15, 0.2) is 76.2 Å². The summed E-state index contributed by atoms with van der Waals surface area (Å²) in [6, 6.07) is 16.4. The summed E-state index contributed by atoms with van der Waals surface area (Å²) in [6.07, 6.45) is 3.12. The topological polar surface area (TPSA) is 118 Å². The van der Waals surface area contributed by atoms with Gasteiger partial charge in [-0.25, -0.2) is 13.1 Å². The molecule has 33 heavy (non-hydrogen) atoms. The molecule has 0 radical (unpaired) electrons. The molecule has 8 nitrogen and oxygen atoms in total. The molecule has 3 N–H and O–H groups in total. The number of amides is 2. The summed E-state index contributed by atoms with van der Waals surface area (Å²) >= 11 is 0. The highest BCUT2D eigenvalue weighted by Gasteiger charge is 2.15. The summed E-state index contributed by atoms with van der Waals surface area (Å²) in [6.45, 7) is 3.40. The van der Waals surface area contributed by atoms with E-state index in [2.05, 4.69) is 15.4 Å². The van der Waals surface area contributed by atoms with Crippen LogP contribution in [0.3, 0.4) is 0 Å². The Kier molecular flexibility index (Phi) is 8.02. The first kappa shape index (κ1) is 24.2. The van der Waals surface area contributed by atoms with Gasteiger partial charge >= 0.3 is 0 Å². The molecule has 3 rings (SSSR count). The average molecular weight is 470 g/mol. The van der Waals surface area contributed by atoms with Crippen LogP contribution in [0.4, 0.5) is 5.69 Å². The van der Waals surface area contributed by atoms with Crippen LogP contribution in [-0.2, 0) is 27.8 Å². The number of rotatable bonds is 10. The Morgan fingerprint density at radius 2 is 1.70 bits per heavy atom. The molecule has 1 aromatic heterocycles. The van der Waals surface area contributed by atoms with Crippen molar-refractivity contribution >= 4 is 27.5 Å².